The molecule has 0 rings (SSSR count). The maximum atomic E-state index is 12.0. The fourth-order valence-electron chi connectivity index (χ4n) is 4.45. The number of hydrogen-bond donors (Lipinski definition) is 2. The van der Waals surface area contributed by atoms with Crippen LogP contribution in [0.15, 0.2) is 0 Å². The molecule has 0 aromatic carbocycles. The van der Waals surface area contributed by atoms with E-state index in [4.69, 9.17) is 9.47 Å². The number of ether oxygens (including phenoxy) is 2. The van der Waals surface area contributed by atoms with Crippen LogP contribution in [0.5, 0.6) is 0 Å². The summed E-state index contributed by atoms with van der Waals surface area (Å²) < 4.78 is 11.0. The fraction of sp³-hybridized carbons (Fsp3) is 0.967. The Labute approximate surface area is 225 Å². The molecule has 6 nitrogen and oxygen atoms in total. The molecule has 0 spiro atoms. The molecule has 0 fully saturated rings. The highest BCUT2D eigenvalue weighted by Gasteiger charge is 2.06. The van der Waals surface area contributed by atoms with Crippen molar-refractivity contribution < 1.29 is 14.3 Å². The normalized spacial score (nSPS) is 11.3. The third-order valence-corrected chi connectivity index (χ3v) is 6.76. The van der Waals surface area contributed by atoms with Crippen LogP contribution in [0.2, 0.25) is 0 Å². The Morgan fingerprint density at radius 1 is 0.528 bits per heavy atom. The minimum Gasteiger partial charge on any atom is -0.380 e. The highest BCUT2D eigenvalue weighted by Crippen LogP contribution is 2.13. The van der Waals surface area contributed by atoms with E-state index in [1.807, 2.05) is 13.8 Å². The van der Waals surface area contributed by atoms with Crippen LogP contribution in [0.1, 0.15) is 130 Å². The summed E-state index contributed by atoms with van der Waals surface area (Å²) in [5, 5.41) is 5.99. The van der Waals surface area contributed by atoms with Gasteiger partial charge in [-0.05, 0) is 33.2 Å². The first-order valence-corrected chi connectivity index (χ1v) is 15.6. The van der Waals surface area contributed by atoms with Crippen molar-refractivity contribution in [2.24, 2.45) is 0 Å². The minimum absolute atomic E-state index is 0.0360. The summed E-state index contributed by atoms with van der Waals surface area (Å²) in [5.41, 5.74) is 0. The molecule has 2 amide bonds. The van der Waals surface area contributed by atoms with E-state index in [1.165, 1.54) is 96.3 Å². The highest BCUT2D eigenvalue weighted by molar-refractivity contribution is 5.73. The highest BCUT2D eigenvalue weighted by atomic mass is 16.5. The number of amides is 2. The van der Waals surface area contributed by atoms with Gasteiger partial charge in [-0.3, -0.25) is 4.90 Å². The quantitative estimate of drug-likeness (QED) is 0.103. The second-order valence-corrected chi connectivity index (χ2v) is 10.1. The van der Waals surface area contributed by atoms with E-state index in [-0.39, 0.29) is 6.03 Å². The first-order chi connectivity index (χ1) is 17.7. The lowest BCUT2D eigenvalue weighted by Crippen LogP contribution is -2.38. The zero-order chi connectivity index (χ0) is 26.4. The van der Waals surface area contributed by atoms with Crippen molar-refractivity contribution >= 4 is 6.03 Å². The van der Waals surface area contributed by atoms with Crippen molar-refractivity contribution in [2.75, 3.05) is 59.2 Å². The van der Waals surface area contributed by atoms with Gasteiger partial charge in [-0.1, -0.05) is 103 Å². The van der Waals surface area contributed by atoms with Crippen LogP contribution < -0.4 is 10.6 Å². The van der Waals surface area contributed by atoms with Crippen LogP contribution in [0.25, 0.3) is 0 Å². The molecule has 0 radical (unpaired) electrons. The fourth-order valence-corrected chi connectivity index (χ4v) is 4.45. The monoisotopic (exact) mass is 513 g/mol. The van der Waals surface area contributed by atoms with Crippen LogP contribution >= 0.6 is 0 Å². The van der Waals surface area contributed by atoms with Crippen molar-refractivity contribution in [3.8, 4) is 0 Å². The number of nitrogens with one attached hydrogen (secondary N) is 2. The summed E-state index contributed by atoms with van der Waals surface area (Å²) >= 11 is 0. The molecule has 2 N–H and O–H groups in total. The van der Waals surface area contributed by atoms with Gasteiger partial charge >= 0.3 is 6.03 Å². The van der Waals surface area contributed by atoms with E-state index in [2.05, 4.69) is 22.5 Å². The van der Waals surface area contributed by atoms with Crippen LogP contribution in [0.3, 0.4) is 0 Å². The second kappa shape index (κ2) is 30.4. The molecule has 216 valence electrons. The lowest BCUT2D eigenvalue weighted by molar-refractivity contribution is 0.0824. The molecule has 0 saturated carbocycles. The van der Waals surface area contributed by atoms with Gasteiger partial charge in [0.25, 0.3) is 0 Å². The number of carbonyl (C=O) groups is 1. The van der Waals surface area contributed by atoms with Crippen LogP contribution in [-0.2, 0) is 9.47 Å². The van der Waals surface area contributed by atoms with Gasteiger partial charge in [-0.25, -0.2) is 4.79 Å². The Hall–Kier alpha value is -0.850. The third-order valence-electron chi connectivity index (χ3n) is 6.76. The summed E-state index contributed by atoms with van der Waals surface area (Å²) in [6.45, 7) is 13.6. The van der Waals surface area contributed by atoms with Crippen LogP contribution in [0.4, 0.5) is 4.79 Å². The zero-order valence-electron chi connectivity index (χ0n) is 24.6. The van der Waals surface area contributed by atoms with Crippen LogP contribution in [-0.4, -0.2) is 70.1 Å². The molecule has 0 aromatic heterocycles. The average Bonchev–Trinajstić information content (AvgIpc) is 2.88. The van der Waals surface area contributed by atoms with E-state index in [1.54, 1.807) is 0 Å². The predicted molar refractivity (Wildman–Crippen MR) is 155 cm³/mol. The van der Waals surface area contributed by atoms with E-state index in [9.17, 15) is 4.79 Å². The molecule has 0 heterocycles. The molecule has 0 aliphatic carbocycles. The minimum atomic E-state index is -0.0360. The molecule has 0 saturated heterocycles. The summed E-state index contributed by atoms with van der Waals surface area (Å²) in [4.78, 5) is 14.3. The number of nitrogens with zero attached hydrogens (tertiary/aromatic N) is 1. The van der Waals surface area contributed by atoms with Gasteiger partial charge in [0.1, 0.15) is 0 Å². The summed E-state index contributed by atoms with van der Waals surface area (Å²) in [6, 6.07) is -0.0360. The Kier molecular flexibility index (Phi) is 29.7. The smallest absolute Gasteiger partial charge is 0.314 e. The van der Waals surface area contributed by atoms with E-state index >= 15 is 0 Å². The molecular weight excluding hydrogens is 450 g/mol. The number of unbranched alkanes of at least 4 members (excludes halogenated alkanes) is 15. The maximum Gasteiger partial charge on any atom is 0.314 e. The van der Waals surface area contributed by atoms with Crippen LogP contribution in [0, 0.1) is 0 Å². The van der Waals surface area contributed by atoms with Crippen molar-refractivity contribution in [1.82, 2.24) is 15.5 Å². The van der Waals surface area contributed by atoms with Gasteiger partial charge in [0.15, 0.2) is 0 Å². The lowest BCUT2D eigenvalue weighted by Gasteiger charge is -2.22. The van der Waals surface area contributed by atoms with Crippen molar-refractivity contribution in [2.45, 2.75) is 130 Å². The number of rotatable bonds is 29. The molecule has 6 heteroatoms. The first-order valence-electron chi connectivity index (χ1n) is 15.6. The van der Waals surface area contributed by atoms with Gasteiger partial charge in [-0.15, -0.1) is 0 Å². The Bertz CT molecular complexity index is 428. The molecule has 0 unspecified atom stereocenters. The first kappa shape index (κ1) is 35.2. The van der Waals surface area contributed by atoms with Crippen molar-refractivity contribution in [3.05, 3.63) is 0 Å². The van der Waals surface area contributed by atoms with Crippen molar-refractivity contribution in [1.29, 1.82) is 0 Å². The van der Waals surface area contributed by atoms with Gasteiger partial charge in [-0.2, -0.15) is 0 Å². The summed E-state index contributed by atoms with van der Waals surface area (Å²) in [5.74, 6) is 0. The molecular formula is C30H63N3O3. The molecule has 0 aliphatic heterocycles. The van der Waals surface area contributed by atoms with Crippen molar-refractivity contribution in [3.63, 3.8) is 0 Å². The number of carbonyl (C=O) groups excluding carboxylic acids is 1. The zero-order valence-corrected chi connectivity index (χ0v) is 24.6. The number of hydrogen-bond acceptors (Lipinski definition) is 4. The third kappa shape index (κ3) is 27.7. The molecule has 0 aromatic rings. The topological polar surface area (TPSA) is 62.8 Å². The Morgan fingerprint density at radius 2 is 0.917 bits per heavy atom. The maximum absolute atomic E-state index is 12.0. The number of urea groups is 1. The second-order valence-electron chi connectivity index (χ2n) is 10.1. The molecule has 0 aliphatic rings. The van der Waals surface area contributed by atoms with Gasteiger partial charge < -0.3 is 20.1 Å². The average molecular weight is 514 g/mol. The predicted octanol–water partition coefficient (Wildman–Crippen LogP) is 7.31. The van der Waals surface area contributed by atoms with E-state index in [0.29, 0.717) is 6.54 Å². The van der Waals surface area contributed by atoms with E-state index in [0.717, 1.165) is 65.4 Å². The molecule has 0 atom stereocenters. The SMILES string of the molecule is CCCCCCCCCCCCCCCCCCNC(=O)NCCCN(CCOCC)CCOCC. The Balaban J connectivity index is 3.42. The van der Waals surface area contributed by atoms with Gasteiger partial charge in [0.05, 0.1) is 13.2 Å². The summed E-state index contributed by atoms with van der Waals surface area (Å²) in [6.07, 6.45) is 22.9. The van der Waals surface area contributed by atoms with Gasteiger partial charge in [0.2, 0.25) is 0 Å². The van der Waals surface area contributed by atoms with Gasteiger partial charge in [0, 0.05) is 39.4 Å². The largest absolute Gasteiger partial charge is 0.380 e. The Morgan fingerprint density at radius 3 is 1.33 bits per heavy atom. The lowest BCUT2D eigenvalue weighted by atomic mass is 10.0. The van der Waals surface area contributed by atoms with E-state index < -0.39 is 0 Å². The summed E-state index contributed by atoms with van der Waals surface area (Å²) in [7, 11) is 0. The molecule has 0 bridgehead atoms. The standard InChI is InChI=1S/C30H63N3O3/c1-4-7-8-9-10-11-12-13-14-15-16-17-18-19-20-21-23-31-30(34)32-24-22-25-33(26-28-35-5-2)27-29-36-6-3/h4-29H2,1-3H3,(H2,31,32,34). The molecule has 36 heavy (non-hydrogen) atoms.